The summed E-state index contributed by atoms with van der Waals surface area (Å²) >= 11 is 7.23. The molecule has 1 N–H and O–H groups in total. The number of pyridine rings is 1. The highest BCUT2D eigenvalue weighted by atomic mass is 32.2. The Labute approximate surface area is 111 Å². The number of H-pyrrole nitrogens is 1. The average Bonchev–Trinajstić information content (AvgIpc) is 2.61. The van der Waals surface area contributed by atoms with Gasteiger partial charge in [-0.1, -0.05) is 6.92 Å². The normalized spacial score (nSPS) is 13.1. The fraction of sp³-hybridized carbons (Fsp3) is 0.500. The monoisotopic (exact) mass is 267 g/mol. The van der Waals surface area contributed by atoms with Gasteiger partial charge in [0.05, 0.1) is 5.52 Å². The Hall–Kier alpha value is -0.810. The van der Waals surface area contributed by atoms with Gasteiger partial charge in [-0.2, -0.15) is 11.8 Å². The van der Waals surface area contributed by atoms with Crippen LogP contribution in [0, 0.1) is 11.7 Å². The maximum absolute atomic E-state index is 5.35. The lowest BCUT2D eigenvalue weighted by atomic mass is 10.3. The maximum Gasteiger partial charge on any atom is 0.179 e. The van der Waals surface area contributed by atoms with Gasteiger partial charge in [0.2, 0.25) is 0 Å². The Bertz CT molecular complexity index is 571. The van der Waals surface area contributed by atoms with E-state index in [2.05, 4.69) is 27.7 Å². The smallest absolute Gasteiger partial charge is 0.179 e. The van der Waals surface area contributed by atoms with E-state index in [9.17, 15) is 0 Å². The Kier molecular flexibility index (Phi) is 3.89. The maximum atomic E-state index is 5.35. The summed E-state index contributed by atoms with van der Waals surface area (Å²) in [5.41, 5.74) is 3.03. The van der Waals surface area contributed by atoms with Gasteiger partial charge in [0.25, 0.3) is 0 Å². The summed E-state index contributed by atoms with van der Waals surface area (Å²) in [5, 5.41) is 0.645. The Morgan fingerprint density at radius 2 is 2.29 bits per heavy atom. The van der Waals surface area contributed by atoms with Crippen molar-refractivity contribution < 1.29 is 0 Å². The molecule has 2 heterocycles. The fourth-order valence-electron chi connectivity index (χ4n) is 1.76. The number of nitrogens with zero attached hydrogens (tertiary/aromatic N) is 2. The van der Waals surface area contributed by atoms with Crippen LogP contribution in [0.3, 0.4) is 0 Å². The largest absolute Gasteiger partial charge is 0.329 e. The minimum Gasteiger partial charge on any atom is -0.329 e. The van der Waals surface area contributed by atoms with Crippen molar-refractivity contribution in [2.45, 2.75) is 32.1 Å². The zero-order valence-electron chi connectivity index (χ0n) is 10.4. The zero-order chi connectivity index (χ0) is 12.4. The number of aromatic amines is 1. The van der Waals surface area contributed by atoms with Gasteiger partial charge in [-0.25, -0.2) is 4.98 Å². The Morgan fingerprint density at radius 1 is 1.53 bits per heavy atom. The van der Waals surface area contributed by atoms with E-state index in [4.69, 9.17) is 12.2 Å². The number of fused-ring (bicyclic) bond motifs is 1. The molecule has 1 unspecified atom stereocenters. The van der Waals surface area contributed by atoms with Gasteiger partial charge in [-0.3, -0.25) is 0 Å². The standard InChI is InChI=1S/C12H17N3S2/c1-8-4-5-10-11(13-8)15(12(16)14-10)7-6-9(2)17-3/h4-5,9H,6-7H2,1-3H3,(H,14,16). The highest BCUT2D eigenvalue weighted by molar-refractivity contribution is 7.99. The summed E-state index contributed by atoms with van der Waals surface area (Å²) in [6, 6.07) is 4.05. The molecule has 0 aliphatic rings. The van der Waals surface area contributed by atoms with Crippen LogP contribution in [0.4, 0.5) is 0 Å². The second-order valence-electron chi connectivity index (χ2n) is 4.24. The van der Waals surface area contributed by atoms with E-state index in [-0.39, 0.29) is 0 Å². The van der Waals surface area contributed by atoms with Gasteiger partial charge in [0.15, 0.2) is 10.4 Å². The van der Waals surface area contributed by atoms with Crippen molar-refractivity contribution in [2.75, 3.05) is 6.26 Å². The summed E-state index contributed by atoms with van der Waals surface area (Å²) in [6.45, 7) is 5.17. The van der Waals surface area contributed by atoms with Crippen LogP contribution in [-0.2, 0) is 6.54 Å². The van der Waals surface area contributed by atoms with Crippen molar-refractivity contribution >= 4 is 35.1 Å². The molecule has 0 saturated heterocycles. The van der Waals surface area contributed by atoms with Gasteiger partial charge in [0, 0.05) is 17.5 Å². The molecule has 0 aliphatic heterocycles. The number of thioether (sulfide) groups is 1. The van der Waals surface area contributed by atoms with E-state index < -0.39 is 0 Å². The number of imidazole rings is 1. The summed E-state index contributed by atoms with van der Waals surface area (Å²) in [5.74, 6) is 0. The zero-order valence-corrected chi connectivity index (χ0v) is 12.0. The van der Waals surface area contributed by atoms with Gasteiger partial charge >= 0.3 is 0 Å². The third kappa shape index (κ3) is 2.72. The number of rotatable bonds is 4. The Balaban J connectivity index is 2.35. The number of nitrogens with one attached hydrogen (secondary N) is 1. The third-order valence-electron chi connectivity index (χ3n) is 2.92. The molecule has 0 saturated carbocycles. The summed E-state index contributed by atoms with van der Waals surface area (Å²) in [7, 11) is 0. The average molecular weight is 267 g/mol. The fourth-order valence-corrected chi connectivity index (χ4v) is 2.39. The van der Waals surface area contributed by atoms with Crippen molar-refractivity contribution in [1.29, 1.82) is 0 Å². The molecule has 0 radical (unpaired) electrons. The van der Waals surface area contributed by atoms with E-state index in [0.29, 0.717) is 5.25 Å². The van der Waals surface area contributed by atoms with E-state index >= 15 is 0 Å². The second-order valence-corrected chi connectivity index (χ2v) is 5.90. The van der Waals surface area contributed by atoms with Crippen LogP contribution in [0.15, 0.2) is 12.1 Å². The van der Waals surface area contributed by atoms with E-state index in [1.54, 1.807) is 0 Å². The first-order chi connectivity index (χ1) is 8.11. The van der Waals surface area contributed by atoms with Crippen molar-refractivity contribution in [2.24, 2.45) is 0 Å². The van der Waals surface area contributed by atoms with Gasteiger partial charge in [0.1, 0.15) is 0 Å². The first kappa shape index (κ1) is 12.6. The molecule has 0 aliphatic carbocycles. The third-order valence-corrected chi connectivity index (χ3v) is 4.28. The van der Waals surface area contributed by atoms with E-state index in [0.717, 1.165) is 34.6 Å². The minimum atomic E-state index is 0.645. The first-order valence-corrected chi connectivity index (χ1v) is 7.40. The molecular formula is C12H17N3S2. The summed E-state index contributed by atoms with van der Waals surface area (Å²) in [4.78, 5) is 7.76. The lowest BCUT2D eigenvalue weighted by Crippen LogP contribution is -2.05. The van der Waals surface area contributed by atoms with Crippen LogP contribution in [-0.4, -0.2) is 26.0 Å². The molecule has 0 amide bonds. The van der Waals surface area contributed by atoms with Crippen LogP contribution in [0.1, 0.15) is 19.0 Å². The molecular weight excluding hydrogens is 250 g/mol. The second kappa shape index (κ2) is 5.23. The van der Waals surface area contributed by atoms with Crippen LogP contribution in [0.5, 0.6) is 0 Å². The predicted octanol–water partition coefficient (Wildman–Crippen LogP) is 3.54. The van der Waals surface area contributed by atoms with E-state index in [1.165, 1.54) is 0 Å². The Morgan fingerprint density at radius 3 is 3.00 bits per heavy atom. The SMILES string of the molecule is CSC(C)CCn1c(=S)[nH]c2ccc(C)nc21. The topological polar surface area (TPSA) is 33.6 Å². The minimum absolute atomic E-state index is 0.645. The quantitative estimate of drug-likeness (QED) is 0.860. The molecule has 0 aromatic carbocycles. The first-order valence-electron chi connectivity index (χ1n) is 5.71. The number of aromatic nitrogens is 3. The molecule has 2 rings (SSSR count). The molecule has 3 nitrogen and oxygen atoms in total. The number of hydrogen-bond acceptors (Lipinski definition) is 3. The van der Waals surface area contributed by atoms with Gasteiger partial charge in [-0.05, 0) is 44.0 Å². The molecule has 1 atom stereocenters. The molecule has 0 spiro atoms. The van der Waals surface area contributed by atoms with Crippen molar-refractivity contribution in [1.82, 2.24) is 14.5 Å². The number of aryl methyl sites for hydroxylation is 2. The predicted molar refractivity (Wildman–Crippen MR) is 77.2 cm³/mol. The molecule has 92 valence electrons. The van der Waals surface area contributed by atoms with Crippen molar-refractivity contribution in [3.8, 4) is 0 Å². The molecule has 17 heavy (non-hydrogen) atoms. The lowest BCUT2D eigenvalue weighted by molar-refractivity contribution is 0.644. The van der Waals surface area contributed by atoms with Crippen LogP contribution >= 0.6 is 24.0 Å². The summed E-state index contributed by atoms with van der Waals surface area (Å²) < 4.78 is 2.87. The molecule has 5 heteroatoms. The van der Waals surface area contributed by atoms with Crippen molar-refractivity contribution in [3.63, 3.8) is 0 Å². The molecule has 0 bridgehead atoms. The highest BCUT2D eigenvalue weighted by Gasteiger charge is 2.07. The highest BCUT2D eigenvalue weighted by Crippen LogP contribution is 2.16. The van der Waals surface area contributed by atoms with Crippen molar-refractivity contribution in [3.05, 3.63) is 22.6 Å². The molecule has 0 fully saturated rings. The van der Waals surface area contributed by atoms with Crippen LogP contribution < -0.4 is 0 Å². The van der Waals surface area contributed by atoms with Crippen LogP contribution in [0.25, 0.3) is 11.2 Å². The van der Waals surface area contributed by atoms with Gasteiger partial charge in [-0.15, -0.1) is 0 Å². The number of hydrogen-bond donors (Lipinski definition) is 1. The van der Waals surface area contributed by atoms with Gasteiger partial charge < -0.3 is 9.55 Å². The molecule has 2 aromatic heterocycles. The lowest BCUT2D eigenvalue weighted by Gasteiger charge is -2.08. The molecule has 2 aromatic rings. The summed E-state index contributed by atoms with van der Waals surface area (Å²) in [6.07, 6.45) is 3.25. The van der Waals surface area contributed by atoms with Crippen LogP contribution in [0.2, 0.25) is 0 Å². The van der Waals surface area contributed by atoms with E-state index in [1.807, 2.05) is 30.8 Å².